The van der Waals surface area contributed by atoms with E-state index in [4.69, 9.17) is 30.0 Å². The van der Waals surface area contributed by atoms with Crippen molar-refractivity contribution in [1.29, 1.82) is 0 Å². The van der Waals surface area contributed by atoms with Gasteiger partial charge in [-0.05, 0) is 6.42 Å². The van der Waals surface area contributed by atoms with Crippen LogP contribution < -0.4 is 11.5 Å². The van der Waals surface area contributed by atoms with Crippen LogP contribution in [0.3, 0.4) is 0 Å². The Morgan fingerprint density at radius 1 is 0.956 bits per heavy atom. The summed E-state index contributed by atoms with van der Waals surface area (Å²) in [6.07, 6.45) is -4.88. The summed E-state index contributed by atoms with van der Waals surface area (Å²) in [7, 11) is -10.7. The Hall–Kier alpha value is -2.26. The van der Waals surface area contributed by atoms with Crippen molar-refractivity contribution in [3.05, 3.63) is 36.7 Å². The molecule has 2 saturated heterocycles. The number of phosphoric ester groups is 2. The SMILES string of the molecule is NC(=O)C1=CN([C@@H]2O[C@H](COP(=O)(O)OP(=O)(O)OC[C@H]3O[C@@H](n4cnc5c(N)ncnc54)[C@H](O)[C@@H]3O)[C@@H](O)[C@H]2O)C=CC1.[Zn]. The van der Waals surface area contributed by atoms with Gasteiger partial charge in [0.15, 0.2) is 23.9 Å². The normalized spacial score (nSPS) is 32.6. The molecule has 5 rings (SSSR count). The summed E-state index contributed by atoms with van der Waals surface area (Å²) in [5, 5.41) is 41.6. The average Bonchev–Trinajstić information content (AvgIpc) is 3.61. The number of carbonyl (C=O) groups is 1. The molecule has 0 spiro atoms. The van der Waals surface area contributed by atoms with Crippen molar-refractivity contribution >= 4 is 38.5 Å². The van der Waals surface area contributed by atoms with Crippen molar-refractivity contribution < 1.29 is 86.4 Å². The maximum absolute atomic E-state index is 12.4. The molecule has 3 aliphatic heterocycles. The first-order valence-corrected chi connectivity index (χ1v) is 15.7. The molecule has 10 N–H and O–H groups in total. The average molecular weight is 731 g/mol. The van der Waals surface area contributed by atoms with Crippen LogP contribution in [0.2, 0.25) is 0 Å². The van der Waals surface area contributed by atoms with E-state index < -0.39 is 83.8 Å². The van der Waals surface area contributed by atoms with E-state index in [1.165, 1.54) is 28.2 Å². The van der Waals surface area contributed by atoms with Gasteiger partial charge in [0.2, 0.25) is 5.91 Å². The molecule has 1 amide bonds. The molecule has 5 heterocycles. The van der Waals surface area contributed by atoms with Gasteiger partial charge in [-0.3, -0.25) is 18.4 Å². The smallest absolute Gasteiger partial charge is 0.387 e. The third-order valence-electron chi connectivity index (χ3n) is 6.88. The van der Waals surface area contributed by atoms with Crippen LogP contribution in [-0.2, 0) is 56.2 Å². The Labute approximate surface area is 266 Å². The molecule has 2 aromatic heterocycles. The number of phosphoric acid groups is 2. The van der Waals surface area contributed by atoms with Crippen LogP contribution in [0.5, 0.6) is 0 Å². The predicted molar refractivity (Wildman–Crippen MR) is 142 cm³/mol. The first-order valence-electron chi connectivity index (χ1n) is 12.7. The van der Waals surface area contributed by atoms with Crippen molar-refractivity contribution in [1.82, 2.24) is 24.4 Å². The van der Waals surface area contributed by atoms with E-state index in [9.17, 15) is 44.1 Å². The van der Waals surface area contributed by atoms with Crippen LogP contribution in [0.15, 0.2) is 36.7 Å². The van der Waals surface area contributed by atoms with Crippen molar-refractivity contribution in [2.45, 2.75) is 55.5 Å². The van der Waals surface area contributed by atoms with E-state index >= 15 is 0 Å². The number of allylic oxidation sites excluding steroid dienone is 1. The summed E-state index contributed by atoms with van der Waals surface area (Å²) < 4.78 is 50.8. The predicted octanol–water partition coefficient (Wildman–Crippen LogP) is -2.69. The molecule has 21 nitrogen and oxygen atoms in total. The number of hydrogen-bond acceptors (Lipinski definition) is 17. The van der Waals surface area contributed by atoms with Crippen LogP contribution in [0, 0.1) is 0 Å². The molecule has 0 aliphatic carbocycles. The van der Waals surface area contributed by atoms with Crippen LogP contribution in [0.1, 0.15) is 12.6 Å². The molecule has 2 fully saturated rings. The van der Waals surface area contributed by atoms with Gasteiger partial charge in [0.25, 0.3) is 0 Å². The van der Waals surface area contributed by atoms with Gasteiger partial charge < -0.3 is 56.1 Å². The fourth-order valence-electron chi connectivity index (χ4n) is 4.68. The van der Waals surface area contributed by atoms with Crippen molar-refractivity contribution in [3.63, 3.8) is 0 Å². The molecule has 0 saturated carbocycles. The van der Waals surface area contributed by atoms with Gasteiger partial charge in [0, 0.05) is 37.5 Å². The third-order valence-corrected chi connectivity index (χ3v) is 9.48. The van der Waals surface area contributed by atoms with Gasteiger partial charge in [0.1, 0.15) is 48.5 Å². The number of anilines is 1. The molecule has 45 heavy (non-hydrogen) atoms. The summed E-state index contributed by atoms with van der Waals surface area (Å²) in [6, 6.07) is 0. The number of fused-ring (bicyclic) bond motifs is 1. The molecule has 2 unspecified atom stereocenters. The topological polar surface area (TPSA) is 318 Å². The van der Waals surface area contributed by atoms with Crippen LogP contribution in [0.4, 0.5) is 5.82 Å². The number of aliphatic hydroxyl groups excluding tert-OH is 4. The summed E-state index contributed by atoms with van der Waals surface area (Å²) in [5.41, 5.74) is 11.6. The number of nitrogens with zero attached hydrogens (tertiary/aromatic N) is 5. The first kappa shape index (κ1) is 35.6. The molecule has 0 bridgehead atoms. The summed E-state index contributed by atoms with van der Waals surface area (Å²) in [4.78, 5) is 44.6. The Bertz CT molecular complexity index is 1560. The standard InChI is InChI=1S/C21H29N7O14P2.Zn/c22-17-12-19(25-7-24-17)28(8-26-12)21-16(32)14(30)11(41-21)6-39-44(36,37)42-43(34,35)38-5-10-13(29)15(31)20(40-10)27-3-1-2-9(4-27)18(23)33;/h1,3-4,7-8,10-11,13-16,20-21,29-32H,2,5-6H2,(H2,23,33)(H,34,35)(H,36,37)(H2,22,24,25);/t10-,11-,13-,14-,15-,16-,20-,21-;/m1./s1. The van der Waals surface area contributed by atoms with Crippen LogP contribution in [-0.4, -0.2) is 117 Å². The Morgan fingerprint density at radius 2 is 1.53 bits per heavy atom. The van der Waals surface area contributed by atoms with Gasteiger partial charge in [-0.2, -0.15) is 4.31 Å². The third kappa shape index (κ3) is 7.67. The van der Waals surface area contributed by atoms with Gasteiger partial charge >= 0.3 is 15.6 Å². The number of aromatic nitrogens is 4. The number of rotatable bonds is 11. The number of carbonyl (C=O) groups excluding carboxylic acids is 1. The minimum atomic E-state index is -5.37. The van der Waals surface area contributed by atoms with Gasteiger partial charge in [-0.1, -0.05) is 6.08 Å². The second-order valence-electron chi connectivity index (χ2n) is 9.84. The number of imidazole rings is 1. The fourth-order valence-corrected chi connectivity index (χ4v) is 6.77. The van der Waals surface area contributed by atoms with Gasteiger partial charge in [0.05, 0.1) is 19.5 Å². The number of ether oxygens (including phenoxy) is 2. The van der Waals surface area contributed by atoms with E-state index in [-0.39, 0.29) is 48.5 Å². The summed E-state index contributed by atoms with van der Waals surface area (Å²) in [6.45, 7) is -1.79. The number of primary amides is 1. The minimum absolute atomic E-state index is 0. The molecular weight excluding hydrogens is 702 g/mol. The zero-order valence-electron chi connectivity index (χ0n) is 23.1. The quantitative estimate of drug-likeness (QED) is 0.0862. The molecule has 0 radical (unpaired) electrons. The molecular formula is C21H29N7O14P2Zn. The molecule has 24 heteroatoms. The van der Waals surface area contributed by atoms with Crippen LogP contribution in [0.25, 0.3) is 11.2 Å². The number of nitrogens with two attached hydrogens (primary N) is 2. The number of hydrogen-bond donors (Lipinski definition) is 8. The molecule has 10 atom stereocenters. The second kappa shape index (κ2) is 13.8. The van der Waals surface area contributed by atoms with Gasteiger partial charge in [-0.25, -0.2) is 24.1 Å². The molecule has 2 aromatic rings. The van der Waals surface area contributed by atoms with E-state index in [0.717, 1.165) is 6.33 Å². The minimum Gasteiger partial charge on any atom is -0.387 e. The second-order valence-corrected chi connectivity index (χ2v) is 12.9. The maximum Gasteiger partial charge on any atom is 0.481 e. The summed E-state index contributed by atoms with van der Waals surface area (Å²) >= 11 is 0. The molecule has 0 aromatic carbocycles. The Morgan fingerprint density at radius 3 is 2.13 bits per heavy atom. The van der Waals surface area contributed by atoms with Gasteiger partial charge in [-0.15, -0.1) is 0 Å². The maximum atomic E-state index is 12.4. The van der Waals surface area contributed by atoms with Crippen molar-refractivity contribution in [2.75, 3.05) is 18.9 Å². The monoisotopic (exact) mass is 729 g/mol. The summed E-state index contributed by atoms with van der Waals surface area (Å²) in [5.74, 6) is -0.658. The zero-order valence-corrected chi connectivity index (χ0v) is 27.8. The van der Waals surface area contributed by atoms with E-state index in [0.29, 0.717) is 0 Å². The number of nitrogen functional groups attached to an aromatic ring is 1. The Balaban J connectivity index is 0.00000461. The number of amides is 1. The van der Waals surface area contributed by atoms with E-state index in [2.05, 4.69) is 19.3 Å². The molecule has 244 valence electrons. The van der Waals surface area contributed by atoms with Crippen molar-refractivity contribution in [2.24, 2.45) is 5.73 Å². The van der Waals surface area contributed by atoms with Crippen molar-refractivity contribution in [3.8, 4) is 0 Å². The van der Waals surface area contributed by atoms with E-state index in [1.807, 2.05) is 0 Å². The number of aliphatic hydroxyl groups is 4. The largest absolute Gasteiger partial charge is 0.481 e. The van der Waals surface area contributed by atoms with Crippen LogP contribution >= 0.6 is 15.6 Å². The molecule has 3 aliphatic rings. The fraction of sp³-hybridized carbons (Fsp3) is 0.524. The Kier molecular flexibility index (Phi) is 11.0. The first-order chi connectivity index (χ1) is 20.7. The zero-order chi connectivity index (χ0) is 32.0. The van der Waals surface area contributed by atoms with E-state index in [1.54, 1.807) is 6.08 Å².